The summed E-state index contributed by atoms with van der Waals surface area (Å²) in [7, 11) is 0. The van der Waals surface area contributed by atoms with Crippen LogP contribution >= 0.6 is 0 Å². The Bertz CT molecular complexity index is 1290. The third-order valence-electron chi connectivity index (χ3n) is 6.84. The van der Waals surface area contributed by atoms with Crippen LogP contribution in [-0.2, 0) is 6.42 Å². The molecule has 0 amide bonds. The fourth-order valence-corrected chi connectivity index (χ4v) is 4.90. The molecule has 0 N–H and O–H groups in total. The molecule has 4 nitrogen and oxygen atoms in total. The summed E-state index contributed by atoms with van der Waals surface area (Å²) in [6.07, 6.45) is 9.43. The van der Waals surface area contributed by atoms with Gasteiger partial charge in [0.1, 0.15) is 5.82 Å². The number of halogens is 1. The largest absolute Gasteiger partial charge is 0.451 e. The number of aromatic nitrogens is 2. The molecule has 0 aliphatic heterocycles. The van der Waals surface area contributed by atoms with Gasteiger partial charge in [0.15, 0.2) is 11.5 Å². The van der Waals surface area contributed by atoms with Crippen LogP contribution in [0.2, 0.25) is 0 Å². The summed E-state index contributed by atoms with van der Waals surface area (Å²) in [5.74, 6) is 0.647. The SMILES string of the molecule is CC(C)c1ccc(-c2ccn(C3CCCC3)c2-c2ccc(C(=O)Cc3ccncc3F)o2)cc1. The first-order valence-corrected chi connectivity index (χ1v) is 12.0. The molecule has 0 spiro atoms. The van der Waals surface area contributed by atoms with Crippen LogP contribution in [0.25, 0.3) is 22.6 Å². The lowest BCUT2D eigenvalue weighted by Crippen LogP contribution is -2.05. The van der Waals surface area contributed by atoms with E-state index in [4.69, 9.17) is 4.42 Å². The highest BCUT2D eigenvalue weighted by Gasteiger charge is 2.25. The molecular formula is C29H29FN2O2. The third-order valence-corrected chi connectivity index (χ3v) is 6.84. The number of Topliss-reactive ketones (excluding diaryl/α,β-unsaturated/α-hetero) is 1. The number of nitrogens with zero attached hydrogens (tertiary/aromatic N) is 2. The molecule has 0 bridgehead atoms. The van der Waals surface area contributed by atoms with Crippen LogP contribution < -0.4 is 0 Å². The topological polar surface area (TPSA) is 48.0 Å². The van der Waals surface area contributed by atoms with Crippen LogP contribution in [0.4, 0.5) is 4.39 Å². The van der Waals surface area contributed by atoms with Gasteiger partial charge in [-0.1, -0.05) is 51.0 Å². The highest BCUT2D eigenvalue weighted by Crippen LogP contribution is 2.40. The van der Waals surface area contributed by atoms with Crippen molar-refractivity contribution < 1.29 is 13.6 Å². The average Bonchev–Trinajstić information content (AvgIpc) is 3.60. The van der Waals surface area contributed by atoms with E-state index in [1.807, 2.05) is 6.07 Å². The van der Waals surface area contributed by atoms with Gasteiger partial charge < -0.3 is 8.98 Å². The molecule has 0 saturated heterocycles. The van der Waals surface area contributed by atoms with Gasteiger partial charge in [-0.25, -0.2) is 4.39 Å². The van der Waals surface area contributed by atoms with Gasteiger partial charge >= 0.3 is 0 Å². The molecule has 5 heteroatoms. The minimum absolute atomic E-state index is 0.0610. The molecule has 5 rings (SSSR count). The number of carbonyl (C=O) groups is 1. The number of hydrogen-bond donors (Lipinski definition) is 0. The van der Waals surface area contributed by atoms with Crippen molar-refractivity contribution in [1.82, 2.24) is 9.55 Å². The number of ketones is 1. The molecule has 1 aliphatic carbocycles. The van der Waals surface area contributed by atoms with Gasteiger partial charge in [-0.2, -0.15) is 0 Å². The summed E-state index contributed by atoms with van der Waals surface area (Å²) in [5, 5.41) is 0. The molecule has 1 aliphatic rings. The lowest BCUT2D eigenvalue weighted by Gasteiger charge is -2.16. The maximum absolute atomic E-state index is 14.0. The van der Waals surface area contributed by atoms with E-state index in [0.717, 1.165) is 35.9 Å². The summed E-state index contributed by atoms with van der Waals surface area (Å²) in [5.41, 5.74) is 4.83. The van der Waals surface area contributed by atoms with Crippen LogP contribution in [0.3, 0.4) is 0 Å². The van der Waals surface area contributed by atoms with Gasteiger partial charge in [0.2, 0.25) is 5.78 Å². The Labute approximate surface area is 199 Å². The van der Waals surface area contributed by atoms with E-state index in [9.17, 15) is 9.18 Å². The number of benzene rings is 1. The van der Waals surface area contributed by atoms with Gasteiger partial charge in [-0.15, -0.1) is 0 Å². The number of hydrogen-bond acceptors (Lipinski definition) is 3. The highest BCUT2D eigenvalue weighted by atomic mass is 19.1. The summed E-state index contributed by atoms with van der Waals surface area (Å²) in [4.78, 5) is 16.6. The second-order valence-corrected chi connectivity index (χ2v) is 9.43. The second-order valence-electron chi connectivity index (χ2n) is 9.43. The van der Waals surface area contributed by atoms with E-state index >= 15 is 0 Å². The molecule has 3 aromatic heterocycles. The van der Waals surface area contributed by atoms with Crippen LogP contribution in [0, 0.1) is 5.82 Å². The Balaban J connectivity index is 1.51. The van der Waals surface area contributed by atoms with Crippen molar-refractivity contribution in [3.8, 4) is 22.6 Å². The zero-order valence-electron chi connectivity index (χ0n) is 19.6. The monoisotopic (exact) mass is 456 g/mol. The summed E-state index contributed by atoms with van der Waals surface area (Å²) in [6, 6.07) is 16.3. The first-order chi connectivity index (χ1) is 16.5. The molecule has 0 atom stereocenters. The highest BCUT2D eigenvalue weighted by molar-refractivity contribution is 5.95. The van der Waals surface area contributed by atoms with Crippen molar-refractivity contribution >= 4 is 5.78 Å². The van der Waals surface area contributed by atoms with Gasteiger partial charge in [0.05, 0.1) is 11.9 Å². The lowest BCUT2D eigenvalue weighted by atomic mass is 9.98. The zero-order chi connectivity index (χ0) is 23.7. The normalized spacial score (nSPS) is 14.2. The molecule has 34 heavy (non-hydrogen) atoms. The first kappa shape index (κ1) is 22.3. The maximum Gasteiger partial charge on any atom is 0.202 e. The molecule has 1 fully saturated rings. The minimum atomic E-state index is -0.482. The molecule has 3 heterocycles. The van der Waals surface area contributed by atoms with E-state index in [2.05, 4.69) is 59.9 Å². The molecular weight excluding hydrogens is 427 g/mol. The van der Waals surface area contributed by atoms with Crippen molar-refractivity contribution in [3.05, 3.63) is 89.8 Å². The maximum atomic E-state index is 14.0. The first-order valence-electron chi connectivity index (χ1n) is 12.0. The van der Waals surface area contributed by atoms with Crippen LogP contribution in [0.15, 0.2) is 71.5 Å². The molecule has 1 saturated carbocycles. The fraction of sp³-hybridized carbons (Fsp3) is 0.310. The van der Waals surface area contributed by atoms with Gasteiger partial charge in [-0.05, 0) is 59.7 Å². The minimum Gasteiger partial charge on any atom is -0.451 e. The van der Waals surface area contributed by atoms with E-state index in [0.29, 0.717) is 23.3 Å². The van der Waals surface area contributed by atoms with Crippen molar-refractivity contribution in [1.29, 1.82) is 0 Å². The molecule has 0 radical (unpaired) electrons. The number of furan rings is 1. The van der Waals surface area contributed by atoms with Crippen LogP contribution in [0.1, 0.15) is 73.2 Å². The summed E-state index contributed by atoms with van der Waals surface area (Å²) >= 11 is 0. The lowest BCUT2D eigenvalue weighted by molar-refractivity contribution is 0.0966. The number of rotatable bonds is 7. The summed E-state index contributed by atoms with van der Waals surface area (Å²) < 4.78 is 22.4. The smallest absolute Gasteiger partial charge is 0.202 e. The standard InChI is InChI=1S/C29H29FN2O2/c1-19(2)20-7-9-21(10-8-20)24-14-16-32(23-5-3-4-6-23)29(24)28-12-11-27(34-28)26(33)17-22-13-15-31-18-25(22)30/h7-16,18-19,23H,3-6,17H2,1-2H3. The Morgan fingerprint density at radius 1 is 1.09 bits per heavy atom. The predicted molar refractivity (Wildman–Crippen MR) is 131 cm³/mol. The number of carbonyl (C=O) groups excluding carboxylic acids is 1. The van der Waals surface area contributed by atoms with E-state index < -0.39 is 5.82 Å². The van der Waals surface area contributed by atoms with Crippen molar-refractivity contribution in [3.63, 3.8) is 0 Å². The fourth-order valence-electron chi connectivity index (χ4n) is 4.90. The Kier molecular flexibility index (Phi) is 6.18. The van der Waals surface area contributed by atoms with Crippen LogP contribution in [-0.4, -0.2) is 15.3 Å². The third kappa shape index (κ3) is 4.35. The molecule has 1 aromatic carbocycles. The van der Waals surface area contributed by atoms with E-state index in [1.165, 1.54) is 30.7 Å². The average molecular weight is 457 g/mol. The number of pyridine rings is 1. The quantitative estimate of drug-likeness (QED) is 0.269. The summed E-state index contributed by atoms with van der Waals surface area (Å²) in [6.45, 7) is 4.38. The van der Waals surface area contributed by atoms with Gasteiger partial charge in [0, 0.05) is 30.4 Å². The van der Waals surface area contributed by atoms with Crippen molar-refractivity contribution in [2.24, 2.45) is 0 Å². The van der Waals surface area contributed by atoms with E-state index in [1.54, 1.807) is 6.07 Å². The Morgan fingerprint density at radius 3 is 2.56 bits per heavy atom. The zero-order valence-corrected chi connectivity index (χ0v) is 19.6. The Morgan fingerprint density at radius 2 is 1.85 bits per heavy atom. The van der Waals surface area contributed by atoms with Crippen molar-refractivity contribution in [2.75, 3.05) is 0 Å². The molecule has 174 valence electrons. The van der Waals surface area contributed by atoms with Crippen molar-refractivity contribution in [2.45, 2.75) is 57.9 Å². The molecule has 0 unspecified atom stereocenters. The van der Waals surface area contributed by atoms with Gasteiger partial charge in [0.25, 0.3) is 0 Å². The Hall–Kier alpha value is -3.47. The predicted octanol–water partition coefficient (Wildman–Crippen LogP) is 7.61. The van der Waals surface area contributed by atoms with Gasteiger partial charge in [-0.3, -0.25) is 9.78 Å². The van der Waals surface area contributed by atoms with E-state index in [-0.39, 0.29) is 18.0 Å². The molecule has 4 aromatic rings. The van der Waals surface area contributed by atoms with Crippen LogP contribution in [0.5, 0.6) is 0 Å². The second kappa shape index (κ2) is 9.41.